The van der Waals surface area contributed by atoms with Crippen LogP contribution < -0.4 is 5.32 Å². The van der Waals surface area contributed by atoms with E-state index in [4.69, 9.17) is 0 Å². The van der Waals surface area contributed by atoms with Crippen LogP contribution in [0.4, 0.5) is 0 Å². The quantitative estimate of drug-likeness (QED) is 0.790. The minimum absolute atomic E-state index is 0.337. The fourth-order valence-corrected chi connectivity index (χ4v) is 2.05. The molecule has 0 aliphatic carbocycles. The number of nitrogens with zero attached hydrogens (tertiary/aromatic N) is 1. The Balaban J connectivity index is 2.35. The van der Waals surface area contributed by atoms with Crippen molar-refractivity contribution in [3.63, 3.8) is 0 Å². The van der Waals surface area contributed by atoms with Crippen molar-refractivity contribution >= 4 is 10.9 Å². The van der Waals surface area contributed by atoms with Crippen molar-refractivity contribution in [3.8, 4) is 0 Å². The van der Waals surface area contributed by atoms with E-state index in [2.05, 4.69) is 48.1 Å². The van der Waals surface area contributed by atoms with Crippen LogP contribution in [0.5, 0.6) is 0 Å². The highest BCUT2D eigenvalue weighted by atomic mass is 14.9. The number of rotatable bonds is 5. The van der Waals surface area contributed by atoms with Crippen LogP contribution in [0.25, 0.3) is 10.9 Å². The highest BCUT2D eigenvalue weighted by Crippen LogP contribution is 2.21. The molecule has 1 heterocycles. The largest absolute Gasteiger partial charge is 0.310 e. The molecule has 17 heavy (non-hydrogen) atoms. The molecule has 0 fully saturated rings. The van der Waals surface area contributed by atoms with Crippen LogP contribution in [0, 0.1) is 0 Å². The lowest BCUT2D eigenvalue weighted by Gasteiger charge is -2.16. The lowest BCUT2D eigenvalue weighted by atomic mass is 10.0. The Morgan fingerprint density at radius 2 is 2.29 bits per heavy atom. The van der Waals surface area contributed by atoms with Gasteiger partial charge in [-0.25, -0.2) is 0 Å². The van der Waals surface area contributed by atoms with E-state index in [0.29, 0.717) is 6.04 Å². The third kappa shape index (κ3) is 2.71. The zero-order valence-electron chi connectivity index (χ0n) is 10.2. The third-order valence-corrected chi connectivity index (χ3v) is 2.89. The molecular formula is C15H18N2. The molecule has 1 N–H and O–H groups in total. The van der Waals surface area contributed by atoms with Crippen LogP contribution in [-0.4, -0.2) is 11.5 Å². The summed E-state index contributed by atoms with van der Waals surface area (Å²) in [5, 5.41) is 4.65. The maximum atomic E-state index is 4.39. The summed E-state index contributed by atoms with van der Waals surface area (Å²) in [6.07, 6.45) is 4.73. The number of nitrogens with one attached hydrogen (secondary N) is 1. The first kappa shape index (κ1) is 11.8. The Morgan fingerprint density at radius 1 is 1.41 bits per heavy atom. The predicted molar refractivity (Wildman–Crippen MR) is 73.0 cm³/mol. The summed E-state index contributed by atoms with van der Waals surface area (Å²) in [6, 6.07) is 10.8. The van der Waals surface area contributed by atoms with E-state index in [9.17, 15) is 0 Å². The van der Waals surface area contributed by atoms with E-state index in [-0.39, 0.29) is 0 Å². The van der Waals surface area contributed by atoms with Gasteiger partial charge in [0, 0.05) is 17.6 Å². The van der Waals surface area contributed by atoms with Crippen molar-refractivity contribution in [3.05, 3.63) is 54.7 Å². The molecule has 0 amide bonds. The molecule has 0 bridgehead atoms. The van der Waals surface area contributed by atoms with Crippen LogP contribution in [0.2, 0.25) is 0 Å². The van der Waals surface area contributed by atoms with E-state index in [0.717, 1.165) is 18.5 Å². The topological polar surface area (TPSA) is 24.9 Å². The lowest BCUT2D eigenvalue weighted by Crippen LogP contribution is -2.20. The Morgan fingerprint density at radius 3 is 3.06 bits per heavy atom. The minimum atomic E-state index is 0.337. The SMILES string of the molecule is C=CCC(NCC)c1ccc2cccnc2c1. The fraction of sp³-hybridized carbons (Fsp3) is 0.267. The van der Waals surface area contributed by atoms with Crippen molar-refractivity contribution in [2.45, 2.75) is 19.4 Å². The molecule has 0 aliphatic heterocycles. The Hall–Kier alpha value is -1.67. The fourth-order valence-electron chi connectivity index (χ4n) is 2.05. The molecule has 1 atom stereocenters. The Kier molecular flexibility index (Phi) is 3.89. The monoisotopic (exact) mass is 226 g/mol. The first-order valence-corrected chi connectivity index (χ1v) is 6.04. The maximum Gasteiger partial charge on any atom is 0.0705 e. The standard InChI is InChI=1S/C15H18N2/c1-3-6-14(16-4-2)13-9-8-12-7-5-10-17-15(12)11-13/h3,5,7-11,14,16H,1,4,6H2,2H3. The molecule has 88 valence electrons. The van der Waals surface area contributed by atoms with Gasteiger partial charge in [-0.15, -0.1) is 6.58 Å². The van der Waals surface area contributed by atoms with Gasteiger partial charge in [0.1, 0.15) is 0 Å². The lowest BCUT2D eigenvalue weighted by molar-refractivity contribution is 0.559. The summed E-state index contributed by atoms with van der Waals surface area (Å²) in [5.74, 6) is 0. The van der Waals surface area contributed by atoms with E-state index >= 15 is 0 Å². The number of aromatic nitrogens is 1. The molecule has 2 aromatic rings. The van der Waals surface area contributed by atoms with Gasteiger partial charge in [0.05, 0.1) is 5.52 Å². The molecule has 1 aromatic heterocycles. The van der Waals surface area contributed by atoms with E-state index in [1.807, 2.05) is 18.3 Å². The van der Waals surface area contributed by atoms with Crippen LogP contribution in [0.3, 0.4) is 0 Å². The molecule has 0 saturated heterocycles. The summed E-state index contributed by atoms with van der Waals surface area (Å²) in [7, 11) is 0. The van der Waals surface area contributed by atoms with Gasteiger partial charge in [0.15, 0.2) is 0 Å². The van der Waals surface area contributed by atoms with Crippen LogP contribution in [0.15, 0.2) is 49.2 Å². The van der Waals surface area contributed by atoms with Gasteiger partial charge >= 0.3 is 0 Å². The molecule has 2 rings (SSSR count). The van der Waals surface area contributed by atoms with E-state index < -0.39 is 0 Å². The zero-order chi connectivity index (χ0) is 12.1. The van der Waals surface area contributed by atoms with Gasteiger partial charge in [-0.1, -0.05) is 31.2 Å². The Bertz CT molecular complexity index is 505. The molecular weight excluding hydrogens is 208 g/mol. The van der Waals surface area contributed by atoms with Crippen molar-refractivity contribution in [2.75, 3.05) is 6.54 Å². The molecule has 1 aromatic carbocycles. The van der Waals surface area contributed by atoms with Crippen molar-refractivity contribution in [1.82, 2.24) is 10.3 Å². The third-order valence-electron chi connectivity index (χ3n) is 2.89. The smallest absolute Gasteiger partial charge is 0.0705 e. The summed E-state index contributed by atoms with van der Waals surface area (Å²) in [6.45, 7) is 6.89. The molecule has 0 aliphatic rings. The molecule has 2 nitrogen and oxygen atoms in total. The summed E-state index contributed by atoms with van der Waals surface area (Å²) in [4.78, 5) is 4.39. The first-order valence-electron chi connectivity index (χ1n) is 6.04. The second-order valence-corrected chi connectivity index (χ2v) is 4.09. The molecule has 0 saturated carbocycles. The number of pyridine rings is 1. The van der Waals surface area contributed by atoms with Crippen molar-refractivity contribution in [1.29, 1.82) is 0 Å². The molecule has 0 spiro atoms. The number of hydrogen-bond donors (Lipinski definition) is 1. The highest BCUT2D eigenvalue weighted by Gasteiger charge is 2.08. The van der Waals surface area contributed by atoms with Gasteiger partial charge in [-0.3, -0.25) is 4.98 Å². The second-order valence-electron chi connectivity index (χ2n) is 4.09. The number of benzene rings is 1. The van der Waals surface area contributed by atoms with E-state index in [1.165, 1.54) is 10.9 Å². The van der Waals surface area contributed by atoms with Crippen LogP contribution in [0.1, 0.15) is 24.9 Å². The highest BCUT2D eigenvalue weighted by molar-refractivity contribution is 5.78. The second kappa shape index (κ2) is 5.60. The van der Waals surface area contributed by atoms with E-state index in [1.54, 1.807) is 0 Å². The minimum Gasteiger partial charge on any atom is -0.310 e. The normalized spacial score (nSPS) is 12.5. The summed E-state index contributed by atoms with van der Waals surface area (Å²) >= 11 is 0. The average molecular weight is 226 g/mol. The molecule has 2 heteroatoms. The first-order chi connectivity index (χ1) is 8.35. The summed E-state index contributed by atoms with van der Waals surface area (Å²) < 4.78 is 0. The van der Waals surface area contributed by atoms with Gasteiger partial charge in [0.25, 0.3) is 0 Å². The average Bonchev–Trinajstić information content (AvgIpc) is 2.38. The Labute approximate surface area is 102 Å². The number of fused-ring (bicyclic) bond motifs is 1. The van der Waals surface area contributed by atoms with Gasteiger partial charge < -0.3 is 5.32 Å². The maximum absolute atomic E-state index is 4.39. The van der Waals surface area contributed by atoms with Gasteiger partial charge in [0.2, 0.25) is 0 Å². The molecule has 0 radical (unpaired) electrons. The van der Waals surface area contributed by atoms with Crippen LogP contribution in [-0.2, 0) is 0 Å². The summed E-state index contributed by atoms with van der Waals surface area (Å²) in [5.41, 5.74) is 2.33. The van der Waals surface area contributed by atoms with Gasteiger partial charge in [-0.05, 0) is 30.7 Å². The van der Waals surface area contributed by atoms with Gasteiger partial charge in [-0.2, -0.15) is 0 Å². The zero-order valence-corrected chi connectivity index (χ0v) is 10.2. The predicted octanol–water partition coefficient (Wildman–Crippen LogP) is 3.46. The van der Waals surface area contributed by atoms with Crippen molar-refractivity contribution < 1.29 is 0 Å². The number of hydrogen-bond acceptors (Lipinski definition) is 2. The van der Waals surface area contributed by atoms with Crippen LogP contribution >= 0.6 is 0 Å². The molecule has 1 unspecified atom stereocenters. The van der Waals surface area contributed by atoms with Crippen molar-refractivity contribution in [2.24, 2.45) is 0 Å².